The molecule has 1 saturated heterocycles. The summed E-state index contributed by atoms with van der Waals surface area (Å²) in [7, 11) is 0. The molecule has 7 heteroatoms. The summed E-state index contributed by atoms with van der Waals surface area (Å²) in [6.07, 6.45) is 2.43. The molecule has 24 heavy (non-hydrogen) atoms. The Morgan fingerprint density at radius 2 is 2.08 bits per heavy atom. The molecule has 1 aromatic heterocycles. The SMILES string of the molecule is Cc1nc(-c2cccc(F)c2F)sc1C(=O)NCCN1CCCC1. The zero-order valence-corrected chi connectivity index (χ0v) is 14.3. The zero-order chi connectivity index (χ0) is 17.1. The Morgan fingerprint density at radius 1 is 1.33 bits per heavy atom. The number of benzene rings is 1. The number of halogens is 2. The number of nitrogens with one attached hydrogen (secondary N) is 1. The van der Waals surface area contributed by atoms with Gasteiger partial charge in [-0.2, -0.15) is 0 Å². The minimum atomic E-state index is -0.938. The predicted molar refractivity (Wildman–Crippen MR) is 90.2 cm³/mol. The topological polar surface area (TPSA) is 45.2 Å². The molecular weight excluding hydrogens is 332 g/mol. The lowest BCUT2D eigenvalue weighted by Gasteiger charge is -2.14. The van der Waals surface area contributed by atoms with Crippen molar-refractivity contribution in [2.75, 3.05) is 26.2 Å². The van der Waals surface area contributed by atoms with Gasteiger partial charge in [0.1, 0.15) is 9.88 Å². The van der Waals surface area contributed by atoms with Gasteiger partial charge in [-0.3, -0.25) is 4.79 Å². The monoisotopic (exact) mass is 351 g/mol. The second-order valence-electron chi connectivity index (χ2n) is 5.84. The van der Waals surface area contributed by atoms with Gasteiger partial charge in [0, 0.05) is 18.7 Å². The fraction of sp³-hybridized carbons (Fsp3) is 0.412. The molecule has 4 nitrogen and oxygen atoms in total. The Morgan fingerprint density at radius 3 is 2.83 bits per heavy atom. The first kappa shape index (κ1) is 17.0. The molecular formula is C17H19F2N3OS. The second kappa shape index (κ2) is 7.36. The van der Waals surface area contributed by atoms with E-state index in [0.29, 0.717) is 22.1 Å². The van der Waals surface area contributed by atoms with Crippen molar-refractivity contribution in [3.8, 4) is 10.6 Å². The molecule has 128 valence electrons. The number of aryl methyl sites for hydroxylation is 1. The Balaban J connectivity index is 1.69. The quantitative estimate of drug-likeness (QED) is 0.900. The first-order valence-corrected chi connectivity index (χ1v) is 8.80. The van der Waals surface area contributed by atoms with Gasteiger partial charge in [-0.25, -0.2) is 13.8 Å². The van der Waals surface area contributed by atoms with Crippen LogP contribution in [0.15, 0.2) is 18.2 Å². The molecule has 1 aliphatic heterocycles. The third-order valence-electron chi connectivity index (χ3n) is 4.10. The summed E-state index contributed by atoms with van der Waals surface area (Å²) >= 11 is 1.08. The zero-order valence-electron chi connectivity index (χ0n) is 13.4. The molecule has 1 aliphatic rings. The molecule has 1 fully saturated rings. The van der Waals surface area contributed by atoms with Crippen molar-refractivity contribution >= 4 is 17.2 Å². The molecule has 3 rings (SSSR count). The summed E-state index contributed by atoms with van der Waals surface area (Å²) in [6, 6.07) is 3.96. The lowest BCUT2D eigenvalue weighted by molar-refractivity contribution is 0.0953. The largest absolute Gasteiger partial charge is 0.350 e. The molecule has 2 aromatic rings. The molecule has 0 spiro atoms. The van der Waals surface area contributed by atoms with Crippen LogP contribution in [-0.4, -0.2) is 42.0 Å². The molecule has 0 saturated carbocycles. The predicted octanol–water partition coefficient (Wildman–Crippen LogP) is 3.22. The maximum absolute atomic E-state index is 13.9. The van der Waals surface area contributed by atoms with Crippen molar-refractivity contribution in [2.24, 2.45) is 0 Å². The molecule has 1 amide bonds. The molecule has 0 radical (unpaired) electrons. The van der Waals surface area contributed by atoms with Gasteiger partial charge >= 0.3 is 0 Å². The van der Waals surface area contributed by atoms with E-state index in [9.17, 15) is 13.6 Å². The number of thiazole rings is 1. The lowest BCUT2D eigenvalue weighted by Crippen LogP contribution is -2.33. The van der Waals surface area contributed by atoms with Gasteiger partial charge in [-0.1, -0.05) is 6.07 Å². The van der Waals surface area contributed by atoms with E-state index in [0.717, 1.165) is 37.0 Å². The lowest BCUT2D eigenvalue weighted by atomic mass is 10.2. The summed E-state index contributed by atoms with van der Waals surface area (Å²) in [5, 5.41) is 3.19. The van der Waals surface area contributed by atoms with E-state index in [1.807, 2.05) is 0 Å². The van der Waals surface area contributed by atoms with Gasteiger partial charge in [0.25, 0.3) is 5.91 Å². The maximum Gasteiger partial charge on any atom is 0.263 e. The smallest absolute Gasteiger partial charge is 0.263 e. The van der Waals surface area contributed by atoms with Crippen LogP contribution in [0.3, 0.4) is 0 Å². The van der Waals surface area contributed by atoms with Crippen molar-refractivity contribution < 1.29 is 13.6 Å². The highest BCUT2D eigenvalue weighted by Crippen LogP contribution is 2.30. The van der Waals surface area contributed by atoms with Crippen LogP contribution < -0.4 is 5.32 Å². The minimum absolute atomic E-state index is 0.0826. The van der Waals surface area contributed by atoms with Crippen molar-refractivity contribution in [3.63, 3.8) is 0 Å². The van der Waals surface area contributed by atoms with Gasteiger partial charge in [-0.05, 0) is 45.0 Å². The Kier molecular flexibility index (Phi) is 5.20. The van der Waals surface area contributed by atoms with Gasteiger partial charge in [0.15, 0.2) is 11.6 Å². The Labute approximate surface area is 143 Å². The van der Waals surface area contributed by atoms with Crippen molar-refractivity contribution in [1.29, 1.82) is 0 Å². The van der Waals surface area contributed by atoms with Gasteiger partial charge in [0.2, 0.25) is 0 Å². The number of aromatic nitrogens is 1. The van der Waals surface area contributed by atoms with Gasteiger partial charge in [0.05, 0.1) is 5.69 Å². The van der Waals surface area contributed by atoms with Crippen LogP contribution in [0, 0.1) is 18.6 Å². The van der Waals surface area contributed by atoms with E-state index in [-0.39, 0.29) is 11.5 Å². The van der Waals surface area contributed by atoms with E-state index in [1.54, 1.807) is 6.92 Å². The maximum atomic E-state index is 13.9. The summed E-state index contributed by atoms with van der Waals surface area (Å²) < 4.78 is 27.3. The first-order chi connectivity index (χ1) is 11.6. The Bertz CT molecular complexity index is 741. The molecule has 0 bridgehead atoms. The summed E-state index contributed by atoms with van der Waals surface area (Å²) in [5.74, 6) is -2.07. The summed E-state index contributed by atoms with van der Waals surface area (Å²) in [5.41, 5.74) is 0.608. The first-order valence-electron chi connectivity index (χ1n) is 7.98. The van der Waals surface area contributed by atoms with Crippen molar-refractivity contribution in [3.05, 3.63) is 40.4 Å². The van der Waals surface area contributed by atoms with Crippen LogP contribution in [0.4, 0.5) is 8.78 Å². The van der Waals surface area contributed by atoms with E-state index in [2.05, 4.69) is 15.2 Å². The van der Waals surface area contributed by atoms with E-state index in [1.165, 1.54) is 25.0 Å². The number of hydrogen-bond donors (Lipinski definition) is 1. The van der Waals surface area contributed by atoms with Crippen LogP contribution in [0.5, 0.6) is 0 Å². The molecule has 1 aromatic carbocycles. The highest BCUT2D eigenvalue weighted by molar-refractivity contribution is 7.17. The van der Waals surface area contributed by atoms with Crippen LogP contribution in [0.1, 0.15) is 28.2 Å². The normalized spacial score (nSPS) is 15.0. The van der Waals surface area contributed by atoms with Crippen LogP contribution in [0.2, 0.25) is 0 Å². The number of nitrogens with zero attached hydrogens (tertiary/aromatic N) is 2. The van der Waals surface area contributed by atoms with Crippen LogP contribution >= 0.6 is 11.3 Å². The number of carbonyl (C=O) groups excluding carboxylic acids is 1. The van der Waals surface area contributed by atoms with Crippen molar-refractivity contribution in [1.82, 2.24) is 15.2 Å². The Hall–Kier alpha value is -1.86. The van der Waals surface area contributed by atoms with E-state index < -0.39 is 11.6 Å². The van der Waals surface area contributed by atoms with Crippen LogP contribution in [0.25, 0.3) is 10.6 Å². The van der Waals surface area contributed by atoms with Gasteiger partial charge in [-0.15, -0.1) is 11.3 Å². The van der Waals surface area contributed by atoms with Crippen molar-refractivity contribution in [2.45, 2.75) is 19.8 Å². The fourth-order valence-corrected chi connectivity index (χ4v) is 3.81. The summed E-state index contributed by atoms with van der Waals surface area (Å²) in [4.78, 5) is 19.3. The van der Waals surface area contributed by atoms with E-state index in [4.69, 9.17) is 0 Å². The molecule has 2 heterocycles. The highest BCUT2D eigenvalue weighted by Gasteiger charge is 2.19. The standard InChI is InChI=1S/C17H19F2N3OS/c1-11-15(16(23)20-7-10-22-8-2-3-9-22)24-17(21-11)12-5-4-6-13(18)14(12)19/h4-6H,2-3,7-10H2,1H3,(H,20,23). The van der Waals surface area contributed by atoms with Gasteiger partial charge < -0.3 is 10.2 Å². The highest BCUT2D eigenvalue weighted by atomic mass is 32.1. The molecule has 1 N–H and O–H groups in total. The third kappa shape index (κ3) is 3.62. The fourth-order valence-electron chi connectivity index (χ4n) is 2.81. The average Bonchev–Trinajstić information content (AvgIpc) is 3.19. The number of carbonyl (C=O) groups is 1. The second-order valence-corrected chi connectivity index (χ2v) is 6.84. The number of hydrogen-bond acceptors (Lipinski definition) is 4. The number of likely N-dealkylation sites (tertiary alicyclic amines) is 1. The molecule has 0 aliphatic carbocycles. The summed E-state index contributed by atoms with van der Waals surface area (Å²) in [6.45, 7) is 5.26. The third-order valence-corrected chi connectivity index (χ3v) is 5.29. The minimum Gasteiger partial charge on any atom is -0.350 e. The van der Waals surface area contributed by atoms with E-state index >= 15 is 0 Å². The molecule has 0 atom stereocenters. The average molecular weight is 351 g/mol. The number of amides is 1. The number of rotatable bonds is 5. The van der Waals surface area contributed by atoms with Crippen LogP contribution in [-0.2, 0) is 0 Å². The molecule has 0 unspecified atom stereocenters.